The molecule has 1 fully saturated rings. The van der Waals surface area contributed by atoms with Gasteiger partial charge in [0.05, 0.1) is 0 Å². The van der Waals surface area contributed by atoms with E-state index in [0.717, 1.165) is 54.8 Å². The van der Waals surface area contributed by atoms with Crippen LogP contribution in [0.25, 0.3) is 0 Å². The van der Waals surface area contributed by atoms with E-state index in [9.17, 15) is 4.79 Å². The topological polar surface area (TPSA) is 54.0 Å². The van der Waals surface area contributed by atoms with Crippen molar-refractivity contribution in [2.45, 2.75) is 19.9 Å². The molecule has 0 radical (unpaired) electrons. The zero-order valence-electron chi connectivity index (χ0n) is 13.2. The maximum Gasteiger partial charge on any atom is 0.231 e. The first-order valence-corrected chi connectivity index (χ1v) is 8.21. The third kappa shape index (κ3) is 3.85. The number of nitrogens with one attached hydrogen (secondary N) is 1. The smallest absolute Gasteiger partial charge is 0.231 e. The van der Waals surface area contributed by atoms with Crippen LogP contribution in [0.5, 0.6) is 11.5 Å². The van der Waals surface area contributed by atoms with Crippen molar-refractivity contribution in [2.75, 3.05) is 33.0 Å². The molecule has 0 saturated carbocycles. The second-order valence-electron chi connectivity index (χ2n) is 5.69. The van der Waals surface area contributed by atoms with Crippen molar-refractivity contribution >= 4 is 23.2 Å². The molecular weight excluding hydrogens is 314 g/mol. The van der Waals surface area contributed by atoms with Crippen LogP contribution in [0.3, 0.4) is 0 Å². The average Bonchev–Trinajstić information content (AvgIpc) is 2.86. The lowest BCUT2D eigenvalue weighted by Crippen LogP contribution is -2.41. The lowest BCUT2D eigenvalue weighted by Gasteiger charge is -2.24. The summed E-state index contributed by atoms with van der Waals surface area (Å²) in [4.78, 5) is 15.5. The van der Waals surface area contributed by atoms with E-state index in [4.69, 9.17) is 21.7 Å². The predicted molar refractivity (Wildman–Crippen MR) is 90.4 cm³/mol. The van der Waals surface area contributed by atoms with Gasteiger partial charge in [0.1, 0.15) is 0 Å². The van der Waals surface area contributed by atoms with E-state index in [-0.39, 0.29) is 12.7 Å². The fourth-order valence-corrected chi connectivity index (χ4v) is 3.03. The van der Waals surface area contributed by atoms with Gasteiger partial charge in [-0.05, 0) is 36.3 Å². The summed E-state index contributed by atoms with van der Waals surface area (Å²) in [6, 6.07) is 5.89. The summed E-state index contributed by atoms with van der Waals surface area (Å²) >= 11 is 5.49. The average molecular weight is 335 g/mol. The molecule has 7 heteroatoms. The molecule has 124 valence electrons. The fourth-order valence-electron chi connectivity index (χ4n) is 2.78. The first kappa shape index (κ1) is 15.9. The van der Waals surface area contributed by atoms with E-state index in [1.807, 2.05) is 23.1 Å². The highest BCUT2D eigenvalue weighted by Crippen LogP contribution is 2.32. The SMILES string of the molecule is CC(=O)N1CCCN(C(=S)NCc2ccc3c(c2)OCO3)CC1. The van der Waals surface area contributed by atoms with Crippen LogP contribution in [-0.4, -0.2) is 53.8 Å². The van der Waals surface area contributed by atoms with Crippen LogP contribution >= 0.6 is 12.2 Å². The molecule has 3 rings (SSSR count). The summed E-state index contributed by atoms with van der Waals surface area (Å²) < 4.78 is 10.7. The van der Waals surface area contributed by atoms with Crippen molar-refractivity contribution in [3.8, 4) is 11.5 Å². The van der Waals surface area contributed by atoms with E-state index < -0.39 is 0 Å². The van der Waals surface area contributed by atoms with Gasteiger partial charge in [0.25, 0.3) is 0 Å². The van der Waals surface area contributed by atoms with Gasteiger partial charge in [-0.2, -0.15) is 0 Å². The van der Waals surface area contributed by atoms with Gasteiger partial charge in [-0.3, -0.25) is 4.79 Å². The summed E-state index contributed by atoms with van der Waals surface area (Å²) in [7, 11) is 0. The number of thiocarbonyl (C=S) groups is 1. The summed E-state index contributed by atoms with van der Waals surface area (Å²) in [5.74, 6) is 1.70. The number of rotatable bonds is 2. The standard InChI is InChI=1S/C16H21N3O3S/c1-12(20)18-5-2-6-19(8-7-18)16(23)17-10-13-3-4-14-15(9-13)22-11-21-14/h3-4,9H,2,5-8,10-11H2,1H3,(H,17,23). The molecule has 6 nitrogen and oxygen atoms in total. The van der Waals surface area contributed by atoms with Crippen molar-refractivity contribution in [1.82, 2.24) is 15.1 Å². The maximum absolute atomic E-state index is 11.5. The third-order valence-corrected chi connectivity index (χ3v) is 4.51. The van der Waals surface area contributed by atoms with Crippen molar-refractivity contribution in [1.29, 1.82) is 0 Å². The number of carbonyl (C=O) groups excluding carboxylic acids is 1. The Labute approximate surface area is 141 Å². The second-order valence-corrected chi connectivity index (χ2v) is 6.08. The van der Waals surface area contributed by atoms with Crippen molar-refractivity contribution < 1.29 is 14.3 Å². The molecule has 23 heavy (non-hydrogen) atoms. The fraction of sp³-hybridized carbons (Fsp3) is 0.500. The minimum Gasteiger partial charge on any atom is -0.454 e. The van der Waals surface area contributed by atoms with Gasteiger partial charge < -0.3 is 24.6 Å². The highest BCUT2D eigenvalue weighted by atomic mass is 32.1. The number of hydrogen-bond acceptors (Lipinski definition) is 4. The first-order chi connectivity index (χ1) is 11.1. The monoisotopic (exact) mass is 335 g/mol. The van der Waals surface area contributed by atoms with Gasteiger partial charge in [-0.25, -0.2) is 0 Å². The van der Waals surface area contributed by atoms with Crippen molar-refractivity contribution in [3.05, 3.63) is 23.8 Å². The molecule has 0 aliphatic carbocycles. The lowest BCUT2D eigenvalue weighted by atomic mass is 10.2. The number of nitrogens with zero attached hydrogens (tertiary/aromatic N) is 2. The van der Waals surface area contributed by atoms with Crippen LogP contribution in [0.1, 0.15) is 18.9 Å². The summed E-state index contributed by atoms with van der Waals surface area (Å²) in [6.45, 7) is 5.71. The Hall–Kier alpha value is -2.02. The van der Waals surface area contributed by atoms with E-state index in [0.29, 0.717) is 6.54 Å². The Balaban J connectivity index is 1.52. The van der Waals surface area contributed by atoms with Crippen LogP contribution in [0.15, 0.2) is 18.2 Å². The normalized spacial score (nSPS) is 16.9. The van der Waals surface area contributed by atoms with Crippen LogP contribution in [0, 0.1) is 0 Å². The largest absolute Gasteiger partial charge is 0.454 e. The highest BCUT2D eigenvalue weighted by molar-refractivity contribution is 7.80. The van der Waals surface area contributed by atoms with Gasteiger partial charge >= 0.3 is 0 Å². The molecular formula is C16H21N3O3S. The minimum atomic E-state index is 0.131. The second kappa shape index (κ2) is 7.04. The summed E-state index contributed by atoms with van der Waals surface area (Å²) in [5, 5.41) is 4.02. The maximum atomic E-state index is 11.5. The number of amides is 1. The quantitative estimate of drug-likeness (QED) is 0.824. The molecule has 2 heterocycles. The molecule has 2 aliphatic rings. The Morgan fingerprint density at radius 1 is 1.17 bits per heavy atom. The number of benzene rings is 1. The zero-order valence-corrected chi connectivity index (χ0v) is 14.0. The molecule has 0 atom stereocenters. The molecule has 0 unspecified atom stereocenters. The molecule has 2 aliphatic heterocycles. The Kier molecular flexibility index (Phi) is 4.85. The molecule has 1 aromatic carbocycles. The van der Waals surface area contributed by atoms with Crippen molar-refractivity contribution in [3.63, 3.8) is 0 Å². The zero-order chi connectivity index (χ0) is 16.2. The minimum absolute atomic E-state index is 0.131. The van der Waals surface area contributed by atoms with Crippen LogP contribution < -0.4 is 14.8 Å². The van der Waals surface area contributed by atoms with Crippen LogP contribution in [0.4, 0.5) is 0 Å². The molecule has 1 N–H and O–H groups in total. The third-order valence-electron chi connectivity index (χ3n) is 4.11. The van der Waals surface area contributed by atoms with E-state index in [1.165, 1.54) is 0 Å². The predicted octanol–water partition coefficient (Wildman–Crippen LogP) is 1.34. The van der Waals surface area contributed by atoms with Crippen LogP contribution in [-0.2, 0) is 11.3 Å². The number of ether oxygens (including phenoxy) is 2. The van der Waals surface area contributed by atoms with Crippen molar-refractivity contribution in [2.24, 2.45) is 0 Å². The highest BCUT2D eigenvalue weighted by Gasteiger charge is 2.18. The van der Waals surface area contributed by atoms with Gasteiger partial charge in [-0.15, -0.1) is 0 Å². The Morgan fingerprint density at radius 2 is 1.91 bits per heavy atom. The van der Waals surface area contributed by atoms with E-state index in [1.54, 1.807) is 6.92 Å². The van der Waals surface area contributed by atoms with E-state index in [2.05, 4.69) is 10.2 Å². The van der Waals surface area contributed by atoms with Gasteiger partial charge in [-0.1, -0.05) is 6.07 Å². The first-order valence-electron chi connectivity index (χ1n) is 7.80. The lowest BCUT2D eigenvalue weighted by molar-refractivity contribution is -0.128. The molecule has 0 bridgehead atoms. The Bertz CT molecular complexity index is 608. The van der Waals surface area contributed by atoms with Gasteiger partial charge in [0.15, 0.2) is 16.6 Å². The molecule has 0 spiro atoms. The van der Waals surface area contributed by atoms with Gasteiger partial charge in [0.2, 0.25) is 12.7 Å². The van der Waals surface area contributed by atoms with E-state index >= 15 is 0 Å². The Morgan fingerprint density at radius 3 is 2.74 bits per heavy atom. The summed E-state index contributed by atoms with van der Waals surface area (Å²) in [5.41, 5.74) is 1.09. The molecule has 1 saturated heterocycles. The van der Waals surface area contributed by atoms with Crippen LogP contribution in [0.2, 0.25) is 0 Å². The number of hydrogen-bond donors (Lipinski definition) is 1. The molecule has 1 amide bonds. The summed E-state index contributed by atoms with van der Waals surface area (Å²) in [6.07, 6.45) is 0.936. The molecule has 0 aromatic heterocycles. The number of carbonyl (C=O) groups is 1. The molecule has 1 aromatic rings. The number of fused-ring (bicyclic) bond motifs is 1. The van der Waals surface area contributed by atoms with Gasteiger partial charge in [0, 0.05) is 39.6 Å².